The molecule has 0 saturated carbocycles. The van der Waals surface area contributed by atoms with E-state index < -0.39 is 9.84 Å². The topological polar surface area (TPSA) is 81.4 Å². The molecular formula is C11H17BrN2O3S. The SMILES string of the molecule is COc1ccc(Br)c(CC(CS(C)(=O)=O)NN)c1. The van der Waals surface area contributed by atoms with Gasteiger partial charge in [0.25, 0.3) is 0 Å². The lowest BCUT2D eigenvalue weighted by Crippen LogP contribution is -2.41. The summed E-state index contributed by atoms with van der Waals surface area (Å²) in [5.74, 6) is 6.11. The maximum atomic E-state index is 11.3. The summed E-state index contributed by atoms with van der Waals surface area (Å²) in [7, 11) is -1.49. The number of ether oxygens (including phenoxy) is 1. The van der Waals surface area contributed by atoms with Crippen LogP contribution in [-0.4, -0.2) is 33.6 Å². The van der Waals surface area contributed by atoms with Crippen molar-refractivity contribution in [1.29, 1.82) is 0 Å². The number of hydrogen-bond donors (Lipinski definition) is 2. The minimum atomic E-state index is -3.07. The van der Waals surface area contributed by atoms with Crippen LogP contribution in [0.25, 0.3) is 0 Å². The van der Waals surface area contributed by atoms with Crippen molar-refractivity contribution in [3.05, 3.63) is 28.2 Å². The van der Waals surface area contributed by atoms with E-state index in [2.05, 4.69) is 21.4 Å². The smallest absolute Gasteiger partial charge is 0.149 e. The van der Waals surface area contributed by atoms with Gasteiger partial charge in [0.2, 0.25) is 0 Å². The van der Waals surface area contributed by atoms with E-state index in [4.69, 9.17) is 10.6 Å². The fourth-order valence-electron chi connectivity index (χ4n) is 1.63. The molecule has 102 valence electrons. The Morgan fingerprint density at radius 1 is 1.50 bits per heavy atom. The molecular weight excluding hydrogens is 320 g/mol. The molecule has 18 heavy (non-hydrogen) atoms. The molecule has 1 aromatic rings. The number of hydrazine groups is 1. The van der Waals surface area contributed by atoms with Crippen LogP contribution < -0.4 is 16.0 Å². The molecule has 1 unspecified atom stereocenters. The number of sulfone groups is 1. The molecule has 0 aromatic heterocycles. The van der Waals surface area contributed by atoms with Gasteiger partial charge < -0.3 is 4.74 Å². The number of halogens is 1. The highest BCUT2D eigenvalue weighted by atomic mass is 79.9. The second kappa shape index (κ2) is 6.51. The van der Waals surface area contributed by atoms with Crippen LogP contribution >= 0.6 is 15.9 Å². The summed E-state index contributed by atoms with van der Waals surface area (Å²) in [6, 6.07) is 5.22. The Morgan fingerprint density at radius 3 is 2.67 bits per heavy atom. The monoisotopic (exact) mass is 336 g/mol. The maximum absolute atomic E-state index is 11.3. The third kappa shape index (κ3) is 4.93. The first-order valence-corrected chi connectivity index (χ1v) is 8.17. The lowest BCUT2D eigenvalue weighted by atomic mass is 10.1. The highest BCUT2D eigenvalue weighted by Gasteiger charge is 2.16. The van der Waals surface area contributed by atoms with Gasteiger partial charge in [0, 0.05) is 16.8 Å². The molecule has 0 amide bonds. The normalized spacial score (nSPS) is 13.3. The van der Waals surface area contributed by atoms with Gasteiger partial charge in [0.15, 0.2) is 0 Å². The number of nitrogens with two attached hydrogens (primary N) is 1. The molecule has 1 rings (SSSR count). The van der Waals surface area contributed by atoms with Crippen molar-refractivity contribution in [2.45, 2.75) is 12.5 Å². The van der Waals surface area contributed by atoms with Gasteiger partial charge in [0.05, 0.1) is 12.9 Å². The van der Waals surface area contributed by atoms with Gasteiger partial charge in [-0.15, -0.1) is 0 Å². The fourth-order valence-corrected chi connectivity index (χ4v) is 2.98. The Balaban J connectivity index is 2.87. The molecule has 5 nitrogen and oxygen atoms in total. The largest absolute Gasteiger partial charge is 0.497 e. The standard InChI is InChI=1S/C11H17BrN2O3S/c1-17-10-3-4-11(12)8(6-10)5-9(14-13)7-18(2,15)16/h3-4,6,9,14H,5,7,13H2,1-2H3. The van der Waals surface area contributed by atoms with Gasteiger partial charge in [-0.1, -0.05) is 15.9 Å². The van der Waals surface area contributed by atoms with Gasteiger partial charge in [-0.3, -0.25) is 11.3 Å². The zero-order valence-electron chi connectivity index (χ0n) is 10.3. The predicted molar refractivity (Wildman–Crippen MR) is 75.2 cm³/mol. The Morgan fingerprint density at radius 2 is 2.17 bits per heavy atom. The van der Waals surface area contributed by atoms with Crippen molar-refractivity contribution in [2.24, 2.45) is 5.84 Å². The Kier molecular flexibility index (Phi) is 5.58. The Bertz CT molecular complexity index is 505. The van der Waals surface area contributed by atoms with Gasteiger partial charge in [-0.2, -0.15) is 0 Å². The van der Waals surface area contributed by atoms with E-state index in [1.165, 1.54) is 6.26 Å². The molecule has 0 bridgehead atoms. The summed E-state index contributed by atoms with van der Waals surface area (Å²) in [5.41, 5.74) is 3.48. The van der Waals surface area contributed by atoms with Crippen LogP contribution in [0.4, 0.5) is 0 Å². The first-order chi connectivity index (χ1) is 8.35. The predicted octanol–water partition coefficient (Wildman–Crippen LogP) is 0.877. The molecule has 1 aromatic carbocycles. The highest BCUT2D eigenvalue weighted by molar-refractivity contribution is 9.10. The summed E-state index contributed by atoms with van der Waals surface area (Å²) in [5, 5.41) is 0. The van der Waals surface area contributed by atoms with E-state index in [1.54, 1.807) is 7.11 Å². The maximum Gasteiger partial charge on any atom is 0.149 e. The van der Waals surface area contributed by atoms with E-state index in [1.807, 2.05) is 18.2 Å². The van der Waals surface area contributed by atoms with E-state index >= 15 is 0 Å². The summed E-state index contributed by atoms with van der Waals surface area (Å²) in [4.78, 5) is 0. The first kappa shape index (κ1) is 15.4. The van der Waals surface area contributed by atoms with Crippen molar-refractivity contribution in [3.63, 3.8) is 0 Å². The Labute approximate surface area is 116 Å². The highest BCUT2D eigenvalue weighted by Crippen LogP contribution is 2.23. The van der Waals surface area contributed by atoms with Gasteiger partial charge in [-0.25, -0.2) is 8.42 Å². The number of hydrogen-bond acceptors (Lipinski definition) is 5. The molecule has 0 fully saturated rings. The molecule has 0 saturated heterocycles. The van der Waals surface area contributed by atoms with E-state index in [9.17, 15) is 8.42 Å². The number of benzene rings is 1. The van der Waals surface area contributed by atoms with Crippen molar-refractivity contribution < 1.29 is 13.2 Å². The summed E-state index contributed by atoms with van der Waals surface area (Å²) < 4.78 is 28.6. The van der Waals surface area contributed by atoms with E-state index in [-0.39, 0.29) is 11.8 Å². The average Bonchev–Trinajstić information content (AvgIpc) is 2.29. The van der Waals surface area contributed by atoms with E-state index in [0.717, 1.165) is 15.8 Å². The summed E-state index contributed by atoms with van der Waals surface area (Å²) >= 11 is 3.42. The molecule has 3 N–H and O–H groups in total. The van der Waals surface area contributed by atoms with Crippen molar-refractivity contribution in [1.82, 2.24) is 5.43 Å². The quantitative estimate of drug-likeness (QED) is 0.595. The molecule has 1 atom stereocenters. The van der Waals surface area contributed by atoms with Crippen molar-refractivity contribution in [3.8, 4) is 5.75 Å². The van der Waals surface area contributed by atoms with Gasteiger partial charge >= 0.3 is 0 Å². The third-order valence-electron chi connectivity index (χ3n) is 2.46. The van der Waals surface area contributed by atoms with Gasteiger partial charge in [0.1, 0.15) is 15.6 Å². The molecule has 0 aliphatic rings. The zero-order chi connectivity index (χ0) is 13.8. The molecule has 0 aliphatic carbocycles. The minimum Gasteiger partial charge on any atom is -0.497 e. The van der Waals surface area contributed by atoms with E-state index in [0.29, 0.717) is 6.42 Å². The zero-order valence-corrected chi connectivity index (χ0v) is 12.7. The van der Waals surface area contributed by atoms with Crippen LogP contribution in [0, 0.1) is 0 Å². The molecule has 0 heterocycles. The average molecular weight is 337 g/mol. The van der Waals surface area contributed by atoms with Crippen LogP contribution in [0.2, 0.25) is 0 Å². The van der Waals surface area contributed by atoms with Crippen LogP contribution in [0.1, 0.15) is 5.56 Å². The molecule has 0 aliphatic heterocycles. The number of methoxy groups -OCH3 is 1. The minimum absolute atomic E-state index is 0.00680. The number of nitrogens with one attached hydrogen (secondary N) is 1. The van der Waals surface area contributed by atoms with Crippen molar-refractivity contribution in [2.75, 3.05) is 19.1 Å². The molecule has 7 heteroatoms. The van der Waals surface area contributed by atoms with Crippen LogP contribution in [0.15, 0.2) is 22.7 Å². The summed E-state index contributed by atoms with van der Waals surface area (Å²) in [6.45, 7) is 0. The second-order valence-electron chi connectivity index (χ2n) is 4.12. The van der Waals surface area contributed by atoms with Gasteiger partial charge in [-0.05, 0) is 30.2 Å². The first-order valence-electron chi connectivity index (χ1n) is 5.32. The Hall–Kier alpha value is -0.630. The van der Waals surface area contributed by atoms with Crippen LogP contribution in [-0.2, 0) is 16.3 Å². The molecule has 0 spiro atoms. The summed E-state index contributed by atoms with van der Waals surface area (Å²) in [6.07, 6.45) is 1.69. The fraction of sp³-hybridized carbons (Fsp3) is 0.455. The lowest BCUT2D eigenvalue weighted by Gasteiger charge is -2.16. The third-order valence-corrected chi connectivity index (χ3v) is 4.24. The lowest BCUT2D eigenvalue weighted by molar-refractivity contribution is 0.413. The van der Waals surface area contributed by atoms with Crippen LogP contribution in [0.3, 0.4) is 0 Å². The van der Waals surface area contributed by atoms with Crippen molar-refractivity contribution >= 4 is 25.8 Å². The number of rotatable bonds is 6. The second-order valence-corrected chi connectivity index (χ2v) is 7.16. The van der Waals surface area contributed by atoms with Crippen LogP contribution in [0.5, 0.6) is 5.75 Å². The molecule has 0 radical (unpaired) electrons.